The third-order valence-corrected chi connectivity index (χ3v) is 8.10. The van der Waals surface area contributed by atoms with Crippen molar-refractivity contribution in [2.75, 3.05) is 0 Å². The first kappa shape index (κ1) is 25.2. The first-order valence-corrected chi connectivity index (χ1v) is 14.1. The number of ether oxygens (including phenoxy) is 1. The fourth-order valence-electron chi connectivity index (χ4n) is 6.08. The molecule has 0 saturated heterocycles. The van der Waals surface area contributed by atoms with Gasteiger partial charge in [0.2, 0.25) is 5.88 Å². The molecule has 0 amide bonds. The molecule has 0 atom stereocenters. The third-order valence-electron chi connectivity index (χ3n) is 7.84. The van der Waals surface area contributed by atoms with Crippen LogP contribution in [0.5, 0.6) is 11.6 Å². The summed E-state index contributed by atoms with van der Waals surface area (Å²) in [6.45, 7) is 6.39. The molecule has 202 valence electrons. The van der Waals surface area contributed by atoms with Gasteiger partial charge in [0.15, 0.2) is 0 Å². The van der Waals surface area contributed by atoms with Crippen LogP contribution in [0.1, 0.15) is 39.7 Å². The Bertz CT molecular complexity index is 1940. The van der Waals surface area contributed by atoms with Crippen molar-refractivity contribution in [1.29, 1.82) is 0 Å². The molecule has 41 heavy (non-hydrogen) atoms. The number of para-hydroxylation sites is 3. The van der Waals surface area contributed by atoms with Crippen LogP contribution in [0.15, 0.2) is 103 Å². The molecule has 3 aromatic heterocycles. The number of aromatic nitrogens is 4. The van der Waals surface area contributed by atoms with E-state index >= 15 is 0 Å². The lowest BCUT2D eigenvalue weighted by Crippen LogP contribution is -2.09. The molecule has 0 unspecified atom stereocenters. The molecule has 6 heteroatoms. The lowest BCUT2D eigenvalue weighted by Gasteiger charge is -2.21. The van der Waals surface area contributed by atoms with Crippen LogP contribution in [0.2, 0.25) is 5.02 Å². The van der Waals surface area contributed by atoms with Crippen LogP contribution in [-0.4, -0.2) is 19.7 Å². The van der Waals surface area contributed by atoms with Crippen molar-refractivity contribution in [2.24, 2.45) is 0 Å². The highest BCUT2D eigenvalue weighted by atomic mass is 35.5. The van der Waals surface area contributed by atoms with Gasteiger partial charge < -0.3 is 14.7 Å². The quantitative estimate of drug-likeness (QED) is 0.214. The van der Waals surface area contributed by atoms with Gasteiger partial charge in [0.25, 0.3) is 0 Å². The van der Waals surface area contributed by atoms with Gasteiger partial charge in [0.1, 0.15) is 5.75 Å². The largest absolute Gasteiger partial charge is 0.439 e. The zero-order chi connectivity index (χ0) is 28.1. The van der Waals surface area contributed by atoms with E-state index in [9.17, 15) is 0 Å². The molecule has 0 bridgehead atoms. The van der Waals surface area contributed by atoms with E-state index in [2.05, 4.69) is 79.3 Å². The molecule has 7 aromatic rings. The lowest BCUT2D eigenvalue weighted by molar-refractivity contribution is 0.438. The number of hydrogen-bond donors (Lipinski definition) is 2. The average molecular weight is 557 g/mol. The number of H-pyrrole nitrogens is 2. The summed E-state index contributed by atoms with van der Waals surface area (Å²) in [4.78, 5) is 7.29. The van der Waals surface area contributed by atoms with Crippen LogP contribution in [0.25, 0.3) is 27.5 Å². The summed E-state index contributed by atoms with van der Waals surface area (Å²) in [6, 6.07) is 34.6. The first-order chi connectivity index (χ1) is 20.0. The summed E-state index contributed by atoms with van der Waals surface area (Å²) in [7, 11) is 0. The van der Waals surface area contributed by atoms with E-state index in [0.717, 1.165) is 39.4 Å². The Morgan fingerprint density at radius 3 is 1.78 bits per heavy atom. The Hall–Kier alpha value is -4.74. The van der Waals surface area contributed by atoms with E-state index in [4.69, 9.17) is 21.4 Å². The molecule has 0 aliphatic carbocycles. The summed E-state index contributed by atoms with van der Waals surface area (Å²) in [5.74, 6) is 1.20. The van der Waals surface area contributed by atoms with Gasteiger partial charge in [0, 0.05) is 49.7 Å². The highest BCUT2D eigenvalue weighted by molar-refractivity contribution is 6.30. The third kappa shape index (κ3) is 4.30. The molecule has 7 rings (SSSR count). The number of halogens is 1. The monoisotopic (exact) mass is 556 g/mol. The maximum absolute atomic E-state index is 6.77. The Morgan fingerprint density at radius 2 is 1.20 bits per heavy atom. The lowest BCUT2D eigenvalue weighted by atomic mass is 9.82. The van der Waals surface area contributed by atoms with Crippen molar-refractivity contribution < 1.29 is 4.74 Å². The van der Waals surface area contributed by atoms with Crippen LogP contribution in [0.3, 0.4) is 0 Å². The Labute approximate surface area is 243 Å². The number of rotatable bonds is 6. The molecule has 0 saturated carbocycles. The van der Waals surface area contributed by atoms with Crippen molar-refractivity contribution in [1.82, 2.24) is 19.7 Å². The second-order valence-electron chi connectivity index (χ2n) is 10.5. The fourth-order valence-corrected chi connectivity index (χ4v) is 6.21. The average Bonchev–Trinajstić information content (AvgIpc) is 3.61. The maximum Gasteiger partial charge on any atom is 0.227 e. The smallest absolute Gasteiger partial charge is 0.227 e. The summed E-state index contributed by atoms with van der Waals surface area (Å²) < 4.78 is 8.69. The van der Waals surface area contributed by atoms with Gasteiger partial charge >= 0.3 is 0 Å². The fraction of sp³-hybridized carbons (Fsp3) is 0.114. The summed E-state index contributed by atoms with van der Waals surface area (Å²) >= 11 is 6.23. The van der Waals surface area contributed by atoms with E-state index in [1.165, 1.54) is 21.9 Å². The molecule has 0 fully saturated rings. The molecule has 4 aromatic carbocycles. The summed E-state index contributed by atoms with van der Waals surface area (Å²) in [6.07, 6.45) is 0. The summed E-state index contributed by atoms with van der Waals surface area (Å²) in [5.41, 5.74) is 9.72. The van der Waals surface area contributed by atoms with E-state index in [1.54, 1.807) is 0 Å². The van der Waals surface area contributed by atoms with Gasteiger partial charge in [0.05, 0.1) is 11.4 Å². The molecule has 0 radical (unpaired) electrons. The topological polar surface area (TPSA) is 58.6 Å². The Kier molecular flexibility index (Phi) is 6.17. The zero-order valence-corrected chi connectivity index (χ0v) is 23.8. The second-order valence-corrected chi connectivity index (χ2v) is 10.9. The molecule has 5 nitrogen and oxygen atoms in total. The number of nitrogens with zero attached hydrogens (tertiary/aromatic N) is 2. The van der Waals surface area contributed by atoms with Crippen molar-refractivity contribution >= 4 is 33.4 Å². The van der Waals surface area contributed by atoms with E-state index in [1.807, 2.05) is 59.3 Å². The van der Waals surface area contributed by atoms with Gasteiger partial charge in [-0.2, -0.15) is 5.10 Å². The van der Waals surface area contributed by atoms with Crippen molar-refractivity contribution in [2.45, 2.75) is 26.7 Å². The minimum Gasteiger partial charge on any atom is -0.439 e. The Morgan fingerprint density at radius 1 is 0.659 bits per heavy atom. The minimum atomic E-state index is -0.165. The van der Waals surface area contributed by atoms with E-state index < -0.39 is 0 Å². The van der Waals surface area contributed by atoms with Crippen molar-refractivity contribution in [3.8, 4) is 17.3 Å². The molecule has 0 aliphatic heterocycles. The minimum absolute atomic E-state index is 0.165. The highest BCUT2D eigenvalue weighted by Crippen LogP contribution is 2.47. The zero-order valence-electron chi connectivity index (χ0n) is 23.1. The maximum atomic E-state index is 6.77. The first-order valence-electron chi connectivity index (χ1n) is 13.7. The van der Waals surface area contributed by atoms with Gasteiger partial charge in [-0.15, -0.1) is 0 Å². The molecule has 2 N–H and O–H groups in total. The van der Waals surface area contributed by atoms with Crippen LogP contribution >= 0.6 is 11.6 Å². The molecular formula is C35H29ClN4O. The van der Waals surface area contributed by atoms with Crippen LogP contribution in [-0.2, 0) is 0 Å². The number of hydrogen-bond acceptors (Lipinski definition) is 2. The van der Waals surface area contributed by atoms with Crippen LogP contribution in [0.4, 0.5) is 0 Å². The van der Waals surface area contributed by atoms with Gasteiger partial charge in [-0.1, -0.05) is 66.2 Å². The normalized spacial score (nSPS) is 11.6. The number of benzene rings is 4. The molecule has 0 aliphatic rings. The highest BCUT2D eigenvalue weighted by Gasteiger charge is 2.34. The molecular weight excluding hydrogens is 528 g/mol. The van der Waals surface area contributed by atoms with Crippen LogP contribution < -0.4 is 4.74 Å². The molecule has 3 heterocycles. The van der Waals surface area contributed by atoms with Crippen LogP contribution in [0, 0.1) is 20.8 Å². The second kappa shape index (κ2) is 10.0. The number of nitrogens with one attached hydrogen (secondary N) is 2. The number of aromatic amines is 2. The van der Waals surface area contributed by atoms with E-state index in [0.29, 0.717) is 16.7 Å². The van der Waals surface area contributed by atoms with Gasteiger partial charge in [-0.3, -0.25) is 0 Å². The van der Waals surface area contributed by atoms with Gasteiger partial charge in [-0.05, 0) is 80.4 Å². The van der Waals surface area contributed by atoms with Crippen molar-refractivity contribution in [3.05, 3.63) is 142 Å². The summed E-state index contributed by atoms with van der Waals surface area (Å²) in [5, 5.41) is 8.13. The predicted molar refractivity (Wildman–Crippen MR) is 167 cm³/mol. The number of fused-ring (bicyclic) bond motifs is 2. The van der Waals surface area contributed by atoms with E-state index in [-0.39, 0.29) is 5.92 Å². The SMILES string of the molecule is Cc1nn(-c2ccccc2)c(Oc2ccc(Cl)cc2)c1C(c1c(C)[nH]c2ccccc12)c1c(C)[nH]c2ccccc12. The predicted octanol–water partition coefficient (Wildman–Crippen LogP) is 9.39. The van der Waals surface area contributed by atoms with Gasteiger partial charge in [-0.25, -0.2) is 4.68 Å². The van der Waals surface area contributed by atoms with Crippen molar-refractivity contribution in [3.63, 3.8) is 0 Å². The Balaban J connectivity index is 1.57. The standard InChI is InChI=1S/C35H29ClN4O/c1-21-31(27-13-7-9-15-29(27)37-21)34(32-22(2)38-30-16-10-8-14-28(30)32)33-23(3)39-40(25-11-5-4-6-12-25)35(33)41-26-19-17-24(36)18-20-26/h4-20,34,37-38H,1-3H3. The number of aryl methyl sites for hydroxylation is 3. The molecule has 0 spiro atoms.